The Morgan fingerprint density at radius 2 is 2.00 bits per heavy atom. The third-order valence-corrected chi connectivity index (χ3v) is 4.32. The number of methoxy groups -OCH3 is 1. The summed E-state index contributed by atoms with van der Waals surface area (Å²) in [7, 11) is 1.78. The molecule has 1 saturated carbocycles. The average Bonchev–Trinajstić information content (AvgIpc) is 3.30. The smallest absolute Gasteiger partial charge is 0.123 e. The monoisotopic (exact) mass is 278 g/mol. The highest BCUT2D eigenvalue weighted by Gasteiger charge is 2.23. The van der Waals surface area contributed by atoms with Gasteiger partial charge in [0.1, 0.15) is 5.82 Å². The summed E-state index contributed by atoms with van der Waals surface area (Å²) in [5, 5.41) is 3.48. The summed E-state index contributed by atoms with van der Waals surface area (Å²) >= 11 is 0. The molecule has 0 atom stereocenters. The molecule has 20 heavy (non-hydrogen) atoms. The molecule has 1 aliphatic heterocycles. The third kappa shape index (κ3) is 3.30. The number of nitrogens with zero attached hydrogens (tertiary/aromatic N) is 1. The summed E-state index contributed by atoms with van der Waals surface area (Å²) in [6.07, 6.45) is 4.97. The summed E-state index contributed by atoms with van der Waals surface area (Å²) in [6, 6.07) is 5.81. The van der Waals surface area contributed by atoms with Gasteiger partial charge in [0.15, 0.2) is 0 Å². The molecular weight excluding hydrogens is 255 g/mol. The van der Waals surface area contributed by atoms with E-state index in [1.165, 1.54) is 18.5 Å². The summed E-state index contributed by atoms with van der Waals surface area (Å²) in [5.41, 5.74) is 2.25. The summed E-state index contributed by atoms with van der Waals surface area (Å²) in [4.78, 5) is 2.36. The number of nitrogens with one attached hydrogen (secondary N) is 1. The maximum Gasteiger partial charge on any atom is 0.123 e. The van der Waals surface area contributed by atoms with Crippen molar-refractivity contribution in [3.8, 4) is 0 Å². The first kappa shape index (κ1) is 13.8. The molecule has 1 aromatic rings. The zero-order valence-electron chi connectivity index (χ0n) is 12.1. The van der Waals surface area contributed by atoms with Crippen molar-refractivity contribution in [1.82, 2.24) is 5.32 Å². The molecule has 0 amide bonds. The van der Waals surface area contributed by atoms with E-state index in [-0.39, 0.29) is 5.82 Å². The highest BCUT2D eigenvalue weighted by atomic mass is 19.1. The highest BCUT2D eigenvalue weighted by Crippen LogP contribution is 2.27. The van der Waals surface area contributed by atoms with E-state index in [1.807, 2.05) is 6.07 Å². The van der Waals surface area contributed by atoms with Crippen molar-refractivity contribution < 1.29 is 9.13 Å². The Bertz CT molecular complexity index is 454. The number of rotatable bonds is 5. The molecule has 3 nitrogen and oxygen atoms in total. The normalized spacial score (nSPS) is 20.4. The molecule has 0 radical (unpaired) electrons. The van der Waals surface area contributed by atoms with E-state index in [2.05, 4.69) is 10.2 Å². The molecule has 2 aliphatic rings. The quantitative estimate of drug-likeness (QED) is 0.896. The first-order chi connectivity index (χ1) is 9.76. The Morgan fingerprint density at radius 1 is 1.25 bits per heavy atom. The Kier molecular flexibility index (Phi) is 4.22. The number of piperidine rings is 1. The van der Waals surface area contributed by atoms with Gasteiger partial charge in [-0.2, -0.15) is 0 Å². The summed E-state index contributed by atoms with van der Waals surface area (Å²) in [5.74, 6) is -0.145. The van der Waals surface area contributed by atoms with Crippen LogP contribution in [0.3, 0.4) is 0 Å². The van der Waals surface area contributed by atoms with Crippen LogP contribution in [0.15, 0.2) is 18.2 Å². The number of halogens is 1. The second-order valence-corrected chi connectivity index (χ2v) is 5.85. The fourth-order valence-corrected chi connectivity index (χ4v) is 2.88. The maximum atomic E-state index is 13.5. The zero-order chi connectivity index (χ0) is 13.9. The van der Waals surface area contributed by atoms with Gasteiger partial charge >= 0.3 is 0 Å². The standard InChI is InChI=1S/C16H23FN2O/c1-20-15-6-8-19(9-7-15)16-5-2-13(17)10-12(16)11-18-14-3-4-14/h2,5,10,14-15,18H,3-4,6-9,11H2,1H3. The second kappa shape index (κ2) is 6.10. The predicted molar refractivity (Wildman–Crippen MR) is 78.5 cm³/mol. The van der Waals surface area contributed by atoms with Gasteiger partial charge in [0.05, 0.1) is 6.10 Å². The minimum absolute atomic E-state index is 0.145. The van der Waals surface area contributed by atoms with Crippen LogP contribution >= 0.6 is 0 Å². The van der Waals surface area contributed by atoms with Crippen molar-refractivity contribution in [2.45, 2.75) is 44.4 Å². The molecule has 110 valence electrons. The van der Waals surface area contributed by atoms with E-state index in [0.717, 1.165) is 38.0 Å². The molecule has 0 bridgehead atoms. The van der Waals surface area contributed by atoms with Gasteiger partial charge in [-0.15, -0.1) is 0 Å². The van der Waals surface area contributed by atoms with E-state index < -0.39 is 0 Å². The third-order valence-electron chi connectivity index (χ3n) is 4.32. The largest absolute Gasteiger partial charge is 0.381 e. The highest BCUT2D eigenvalue weighted by molar-refractivity contribution is 5.54. The van der Waals surface area contributed by atoms with Gasteiger partial charge in [-0.3, -0.25) is 0 Å². The summed E-state index contributed by atoms with van der Waals surface area (Å²) in [6.45, 7) is 2.74. The van der Waals surface area contributed by atoms with E-state index in [1.54, 1.807) is 19.2 Å². The van der Waals surface area contributed by atoms with Gasteiger partial charge in [-0.1, -0.05) is 0 Å². The fraction of sp³-hybridized carbons (Fsp3) is 0.625. The van der Waals surface area contributed by atoms with Gasteiger partial charge in [0.25, 0.3) is 0 Å². The molecule has 1 aliphatic carbocycles. The molecular formula is C16H23FN2O. The van der Waals surface area contributed by atoms with Crippen LogP contribution in [-0.2, 0) is 11.3 Å². The minimum atomic E-state index is -0.145. The van der Waals surface area contributed by atoms with Crippen LogP contribution in [0, 0.1) is 5.82 Å². The molecule has 1 saturated heterocycles. The van der Waals surface area contributed by atoms with Gasteiger partial charge in [0.2, 0.25) is 0 Å². The number of hydrogen-bond acceptors (Lipinski definition) is 3. The van der Waals surface area contributed by atoms with Crippen molar-refractivity contribution in [3.05, 3.63) is 29.6 Å². The Morgan fingerprint density at radius 3 is 2.65 bits per heavy atom. The van der Waals surface area contributed by atoms with Crippen LogP contribution in [0.5, 0.6) is 0 Å². The second-order valence-electron chi connectivity index (χ2n) is 5.85. The molecule has 0 unspecified atom stereocenters. The van der Waals surface area contributed by atoms with E-state index in [4.69, 9.17) is 4.74 Å². The lowest BCUT2D eigenvalue weighted by Gasteiger charge is -2.34. The van der Waals surface area contributed by atoms with Gasteiger partial charge in [0, 0.05) is 38.5 Å². The SMILES string of the molecule is COC1CCN(c2ccc(F)cc2CNC2CC2)CC1. The zero-order valence-corrected chi connectivity index (χ0v) is 12.1. The molecule has 3 rings (SSSR count). The van der Waals surface area contributed by atoms with Crippen molar-refractivity contribution in [2.75, 3.05) is 25.1 Å². The van der Waals surface area contributed by atoms with Crippen LogP contribution in [0.4, 0.5) is 10.1 Å². The molecule has 1 heterocycles. The first-order valence-corrected chi connectivity index (χ1v) is 7.56. The van der Waals surface area contributed by atoms with Crippen molar-refractivity contribution in [2.24, 2.45) is 0 Å². The van der Waals surface area contributed by atoms with Crippen LogP contribution in [0.1, 0.15) is 31.2 Å². The van der Waals surface area contributed by atoms with E-state index in [0.29, 0.717) is 12.1 Å². The van der Waals surface area contributed by atoms with Crippen LogP contribution in [0.25, 0.3) is 0 Å². The topological polar surface area (TPSA) is 24.5 Å². The number of ether oxygens (including phenoxy) is 1. The van der Waals surface area contributed by atoms with Gasteiger partial charge in [-0.05, 0) is 49.4 Å². The number of benzene rings is 1. The van der Waals surface area contributed by atoms with Crippen LogP contribution in [0.2, 0.25) is 0 Å². The molecule has 1 N–H and O–H groups in total. The molecule has 4 heteroatoms. The Balaban J connectivity index is 1.70. The molecule has 1 aromatic carbocycles. The number of hydrogen-bond donors (Lipinski definition) is 1. The van der Waals surface area contributed by atoms with Gasteiger partial charge in [-0.25, -0.2) is 4.39 Å². The maximum absolute atomic E-state index is 13.5. The Hall–Kier alpha value is -1.13. The Labute approximate surface area is 120 Å². The number of anilines is 1. The lowest BCUT2D eigenvalue weighted by molar-refractivity contribution is 0.0819. The predicted octanol–water partition coefficient (Wildman–Crippen LogP) is 2.69. The average molecular weight is 278 g/mol. The minimum Gasteiger partial charge on any atom is -0.381 e. The molecule has 0 spiro atoms. The van der Waals surface area contributed by atoms with E-state index >= 15 is 0 Å². The van der Waals surface area contributed by atoms with Crippen LogP contribution in [-0.4, -0.2) is 32.3 Å². The summed E-state index contributed by atoms with van der Waals surface area (Å²) < 4.78 is 18.9. The lowest BCUT2D eigenvalue weighted by atomic mass is 10.0. The first-order valence-electron chi connectivity index (χ1n) is 7.56. The van der Waals surface area contributed by atoms with Crippen LogP contribution < -0.4 is 10.2 Å². The van der Waals surface area contributed by atoms with Crippen molar-refractivity contribution in [3.63, 3.8) is 0 Å². The van der Waals surface area contributed by atoms with Gasteiger partial charge < -0.3 is 15.0 Å². The van der Waals surface area contributed by atoms with E-state index in [9.17, 15) is 4.39 Å². The fourth-order valence-electron chi connectivity index (χ4n) is 2.88. The van der Waals surface area contributed by atoms with Crippen molar-refractivity contribution >= 4 is 5.69 Å². The molecule has 0 aromatic heterocycles. The molecule has 2 fully saturated rings. The van der Waals surface area contributed by atoms with Crippen molar-refractivity contribution in [1.29, 1.82) is 0 Å². The lowest BCUT2D eigenvalue weighted by Crippen LogP contribution is -2.37.